The molecule has 0 amide bonds. The Kier molecular flexibility index (Phi) is 6.26. The minimum atomic E-state index is -0.369. The zero-order valence-corrected chi connectivity index (χ0v) is 21.5. The van der Waals surface area contributed by atoms with Gasteiger partial charge in [0.2, 0.25) is 0 Å². The van der Waals surface area contributed by atoms with Gasteiger partial charge in [-0.15, -0.1) is 5.10 Å². The van der Waals surface area contributed by atoms with Gasteiger partial charge in [-0.25, -0.2) is 4.68 Å². The third-order valence-corrected chi connectivity index (χ3v) is 6.82. The predicted molar refractivity (Wildman–Crippen MR) is 141 cm³/mol. The van der Waals surface area contributed by atoms with Crippen LogP contribution in [-0.2, 0) is 5.54 Å². The number of fused-ring (bicyclic) bond motifs is 1. The van der Waals surface area contributed by atoms with E-state index in [1.807, 2.05) is 35.9 Å². The third-order valence-electron chi connectivity index (χ3n) is 6.82. The second-order valence-corrected chi connectivity index (χ2v) is 10.4. The maximum Gasteiger partial charge on any atom is 0.253 e. The van der Waals surface area contributed by atoms with Gasteiger partial charge in [-0.1, -0.05) is 12.1 Å². The average Bonchev–Trinajstić information content (AvgIpc) is 3.35. The van der Waals surface area contributed by atoms with E-state index in [9.17, 15) is 4.79 Å². The summed E-state index contributed by atoms with van der Waals surface area (Å²) in [5, 5.41) is 13.8. The van der Waals surface area contributed by atoms with E-state index in [-0.39, 0.29) is 17.1 Å². The number of piperazine rings is 1. The molecule has 1 aliphatic heterocycles. The molecule has 1 saturated heterocycles. The molecule has 1 aliphatic rings. The van der Waals surface area contributed by atoms with Crippen LogP contribution in [0.15, 0.2) is 53.3 Å². The summed E-state index contributed by atoms with van der Waals surface area (Å²) in [5.74, 6) is 1.52. The Morgan fingerprint density at radius 3 is 2.39 bits per heavy atom. The number of nitrogens with one attached hydrogen (secondary N) is 1. The van der Waals surface area contributed by atoms with Crippen molar-refractivity contribution in [1.29, 1.82) is 0 Å². The van der Waals surface area contributed by atoms with Crippen LogP contribution in [0.1, 0.15) is 43.8 Å². The lowest BCUT2D eigenvalue weighted by Gasteiger charge is -2.40. The van der Waals surface area contributed by atoms with Crippen LogP contribution in [0.25, 0.3) is 10.9 Å². The molecule has 3 heterocycles. The van der Waals surface area contributed by atoms with Crippen LogP contribution in [0.3, 0.4) is 0 Å². The van der Waals surface area contributed by atoms with Gasteiger partial charge >= 0.3 is 0 Å². The van der Waals surface area contributed by atoms with Gasteiger partial charge in [-0.05, 0) is 85.5 Å². The summed E-state index contributed by atoms with van der Waals surface area (Å²) in [6.45, 7) is 11.4. The number of hydrogen-bond donors (Lipinski definition) is 1. The molecule has 2 aromatic heterocycles. The molecule has 1 atom stereocenters. The molecule has 5 rings (SSSR count). The fraction of sp³-hybridized carbons (Fsp3) is 0.407. The predicted octanol–water partition coefficient (Wildman–Crippen LogP) is 3.50. The van der Waals surface area contributed by atoms with Crippen molar-refractivity contribution in [1.82, 2.24) is 30.1 Å². The normalized spacial score (nSPS) is 15.9. The first-order chi connectivity index (χ1) is 17.2. The zero-order valence-electron chi connectivity index (χ0n) is 21.5. The summed E-state index contributed by atoms with van der Waals surface area (Å²) in [6.07, 6.45) is 0. The van der Waals surface area contributed by atoms with E-state index in [1.165, 1.54) is 0 Å². The molecule has 9 nitrogen and oxygen atoms in total. The van der Waals surface area contributed by atoms with Crippen molar-refractivity contribution in [2.24, 2.45) is 0 Å². The second kappa shape index (κ2) is 9.39. The lowest BCUT2D eigenvalue weighted by molar-refractivity contribution is 0.190. The molecule has 4 aromatic rings. The summed E-state index contributed by atoms with van der Waals surface area (Å²) in [6, 6.07) is 15.9. The maximum absolute atomic E-state index is 13.4. The lowest BCUT2D eigenvalue weighted by atomic mass is 10.0. The number of tetrazole rings is 1. The molecule has 0 bridgehead atoms. The van der Waals surface area contributed by atoms with Gasteiger partial charge in [0.25, 0.3) is 5.56 Å². The standard InChI is InChI=1S/C27H33N7O2/c1-18-6-7-19-17-22(26(35)28-23(19)16-18)24(25-29-30-31-34(25)27(2,3)4)33-14-12-32(13-15-33)20-8-10-21(36-5)11-9-20/h6-11,16-17,24H,12-15H2,1-5H3,(H,28,35). The van der Waals surface area contributed by atoms with Crippen LogP contribution in [0, 0.1) is 6.92 Å². The van der Waals surface area contributed by atoms with Gasteiger partial charge in [0, 0.05) is 42.9 Å². The van der Waals surface area contributed by atoms with Gasteiger partial charge in [0.15, 0.2) is 5.82 Å². The Hall–Kier alpha value is -3.72. The molecule has 1 N–H and O–H groups in total. The Labute approximate surface area is 210 Å². The molecule has 0 spiro atoms. The van der Waals surface area contributed by atoms with Crippen molar-refractivity contribution < 1.29 is 4.74 Å². The SMILES string of the molecule is COc1ccc(N2CCN(C(c3cc4ccc(C)cc4[nH]c3=O)c3nnnn3C(C)(C)C)CC2)cc1. The molecule has 0 saturated carbocycles. The van der Waals surface area contributed by atoms with E-state index in [1.54, 1.807) is 7.11 Å². The number of aromatic nitrogens is 5. The molecule has 188 valence electrons. The smallest absolute Gasteiger partial charge is 0.253 e. The molecular formula is C27H33N7O2. The number of aryl methyl sites for hydroxylation is 1. The molecule has 0 aliphatic carbocycles. The summed E-state index contributed by atoms with van der Waals surface area (Å²) in [7, 11) is 1.68. The maximum atomic E-state index is 13.4. The number of ether oxygens (including phenoxy) is 1. The van der Waals surface area contributed by atoms with Crippen molar-refractivity contribution in [3.63, 3.8) is 0 Å². The summed E-state index contributed by atoms with van der Waals surface area (Å²) >= 11 is 0. The van der Waals surface area contributed by atoms with Gasteiger partial charge in [-0.2, -0.15) is 0 Å². The summed E-state index contributed by atoms with van der Waals surface area (Å²) < 4.78 is 7.14. The third kappa shape index (κ3) is 4.58. The fourth-order valence-corrected chi connectivity index (χ4v) is 4.91. The van der Waals surface area contributed by atoms with E-state index >= 15 is 0 Å². The van der Waals surface area contributed by atoms with E-state index in [0.29, 0.717) is 11.4 Å². The van der Waals surface area contributed by atoms with E-state index in [2.05, 4.69) is 75.3 Å². The number of methoxy groups -OCH3 is 1. The molecule has 1 fully saturated rings. The number of anilines is 1. The quantitative estimate of drug-likeness (QED) is 0.461. The van der Waals surface area contributed by atoms with Crippen molar-refractivity contribution in [2.75, 3.05) is 38.2 Å². The first kappa shape index (κ1) is 24.0. The van der Waals surface area contributed by atoms with Crippen LogP contribution >= 0.6 is 0 Å². The second-order valence-electron chi connectivity index (χ2n) is 10.4. The number of H-pyrrole nitrogens is 1. The number of rotatable bonds is 5. The van der Waals surface area contributed by atoms with Gasteiger partial charge in [0.05, 0.1) is 12.6 Å². The van der Waals surface area contributed by atoms with Gasteiger partial charge in [-0.3, -0.25) is 9.69 Å². The van der Waals surface area contributed by atoms with Crippen molar-refractivity contribution in [3.8, 4) is 5.75 Å². The molecule has 2 aromatic carbocycles. The Bertz CT molecular complexity index is 1410. The van der Waals surface area contributed by atoms with Crippen LogP contribution in [0.4, 0.5) is 5.69 Å². The van der Waals surface area contributed by atoms with E-state index in [0.717, 1.165) is 54.1 Å². The monoisotopic (exact) mass is 487 g/mol. The summed E-state index contributed by atoms with van der Waals surface area (Å²) in [5.41, 5.74) is 3.31. The Morgan fingerprint density at radius 2 is 1.72 bits per heavy atom. The first-order valence-electron chi connectivity index (χ1n) is 12.3. The van der Waals surface area contributed by atoms with E-state index < -0.39 is 0 Å². The van der Waals surface area contributed by atoms with Crippen LogP contribution in [-0.4, -0.2) is 63.4 Å². The van der Waals surface area contributed by atoms with Crippen LogP contribution < -0.4 is 15.2 Å². The van der Waals surface area contributed by atoms with E-state index in [4.69, 9.17) is 4.74 Å². The van der Waals surface area contributed by atoms with Crippen LogP contribution in [0.5, 0.6) is 5.75 Å². The highest BCUT2D eigenvalue weighted by molar-refractivity contribution is 5.79. The number of hydrogen-bond acceptors (Lipinski definition) is 7. The lowest BCUT2D eigenvalue weighted by Crippen LogP contribution is -2.49. The highest BCUT2D eigenvalue weighted by Crippen LogP contribution is 2.31. The number of benzene rings is 2. The number of aromatic amines is 1. The minimum absolute atomic E-state index is 0.112. The molecule has 9 heteroatoms. The highest BCUT2D eigenvalue weighted by atomic mass is 16.5. The molecule has 0 radical (unpaired) electrons. The number of pyridine rings is 1. The minimum Gasteiger partial charge on any atom is -0.497 e. The van der Waals surface area contributed by atoms with Crippen molar-refractivity contribution >= 4 is 16.6 Å². The number of nitrogens with zero attached hydrogens (tertiary/aromatic N) is 6. The van der Waals surface area contributed by atoms with Crippen molar-refractivity contribution in [3.05, 3.63) is 75.8 Å². The van der Waals surface area contributed by atoms with Crippen LogP contribution in [0.2, 0.25) is 0 Å². The molecule has 36 heavy (non-hydrogen) atoms. The molecule has 1 unspecified atom stereocenters. The summed E-state index contributed by atoms with van der Waals surface area (Å²) in [4.78, 5) is 21.2. The first-order valence-corrected chi connectivity index (χ1v) is 12.3. The van der Waals surface area contributed by atoms with Gasteiger partial charge in [0.1, 0.15) is 11.8 Å². The van der Waals surface area contributed by atoms with Gasteiger partial charge < -0.3 is 14.6 Å². The largest absolute Gasteiger partial charge is 0.497 e. The zero-order chi connectivity index (χ0) is 25.4. The topological polar surface area (TPSA) is 92.2 Å². The Morgan fingerprint density at radius 1 is 1.00 bits per heavy atom. The molecular weight excluding hydrogens is 454 g/mol. The average molecular weight is 488 g/mol. The Balaban J connectivity index is 1.52. The highest BCUT2D eigenvalue weighted by Gasteiger charge is 2.35. The van der Waals surface area contributed by atoms with Crippen molar-refractivity contribution in [2.45, 2.75) is 39.3 Å². The fourth-order valence-electron chi connectivity index (χ4n) is 4.91.